The van der Waals surface area contributed by atoms with Crippen LogP contribution in [-0.4, -0.2) is 55.5 Å². The second-order valence-corrected chi connectivity index (χ2v) is 9.56. The number of amides is 1. The van der Waals surface area contributed by atoms with Gasteiger partial charge in [-0.15, -0.1) is 0 Å². The minimum atomic E-state index is -3.67. The number of benzene rings is 1. The van der Waals surface area contributed by atoms with Crippen LogP contribution in [-0.2, 0) is 20.5 Å². The topological polar surface area (TPSA) is 66.9 Å². The van der Waals surface area contributed by atoms with E-state index < -0.39 is 27.5 Å². The Bertz CT molecular complexity index is 746. The smallest absolute Gasteiger partial charge is 0.410 e. The van der Waals surface area contributed by atoms with Crippen molar-refractivity contribution in [2.45, 2.75) is 51.0 Å². The van der Waals surface area contributed by atoms with Gasteiger partial charge in [0.2, 0.25) is 10.0 Å². The molecule has 1 amide bonds. The van der Waals surface area contributed by atoms with Crippen LogP contribution >= 0.6 is 0 Å². The first kappa shape index (κ1) is 20.6. The van der Waals surface area contributed by atoms with Gasteiger partial charge in [-0.25, -0.2) is 17.6 Å². The van der Waals surface area contributed by atoms with Crippen LogP contribution in [0, 0.1) is 5.82 Å². The van der Waals surface area contributed by atoms with Gasteiger partial charge in [-0.1, -0.05) is 18.2 Å². The maximum atomic E-state index is 13.8. The van der Waals surface area contributed by atoms with Gasteiger partial charge in [-0.05, 0) is 39.7 Å². The Kier molecular flexibility index (Phi) is 6.29. The van der Waals surface area contributed by atoms with Crippen LogP contribution in [0.5, 0.6) is 0 Å². The van der Waals surface area contributed by atoms with Crippen LogP contribution in [0.4, 0.5) is 9.18 Å². The van der Waals surface area contributed by atoms with E-state index in [4.69, 9.17) is 4.74 Å². The standard InChI is InChI=1S/C18H27FN2O4S/c1-18(2,3)25-17(22)20(4)15-9-7-11-21(12-15)26(23,24)13-14-8-5-6-10-16(14)19/h5-6,8,10,15H,7,9,11-13H2,1-4H3/t15-/m0/s1. The minimum Gasteiger partial charge on any atom is -0.444 e. The molecule has 0 aliphatic carbocycles. The molecular weight excluding hydrogens is 359 g/mol. The van der Waals surface area contributed by atoms with Crippen molar-refractivity contribution in [3.8, 4) is 0 Å². The zero-order valence-corrected chi connectivity index (χ0v) is 16.6. The van der Waals surface area contributed by atoms with E-state index in [1.54, 1.807) is 33.9 Å². The van der Waals surface area contributed by atoms with Gasteiger partial charge in [-0.2, -0.15) is 4.31 Å². The van der Waals surface area contributed by atoms with Crippen LogP contribution < -0.4 is 0 Å². The fourth-order valence-electron chi connectivity index (χ4n) is 2.88. The molecule has 1 aliphatic rings. The van der Waals surface area contributed by atoms with Crippen molar-refractivity contribution < 1.29 is 22.3 Å². The van der Waals surface area contributed by atoms with Crippen LogP contribution in [0.3, 0.4) is 0 Å². The summed E-state index contributed by atoms with van der Waals surface area (Å²) in [6.45, 7) is 5.91. The van der Waals surface area contributed by atoms with Gasteiger partial charge < -0.3 is 9.64 Å². The molecule has 0 saturated carbocycles. The normalized spacial score (nSPS) is 19.2. The number of hydrogen-bond donors (Lipinski definition) is 0. The Labute approximate surface area is 155 Å². The molecule has 1 aromatic rings. The molecule has 1 atom stereocenters. The highest BCUT2D eigenvalue weighted by atomic mass is 32.2. The summed E-state index contributed by atoms with van der Waals surface area (Å²) < 4.78 is 45.9. The van der Waals surface area contributed by atoms with E-state index >= 15 is 0 Å². The zero-order valence-electron chi connectivity index (χ0n) is 15.7. The van der Waals surface area contributed by atoms with E-state index in [1.165, 1.54) is 27.4 Å². The van der Waals surface area contributed by atoms with E-state index in [-0.39, 0.29) is 23.9 Å². The van der Waals surface area contributed by atoms with Crippen LogP contribution in [0.25, 0.3) is 0 Å². The fourth-order valence-corrected chi connectivity index (χ4v) is 4.49. The lowest BCUT2D eigenvalue weighted by atomic mass is 10.1. The molecule has 0 N–H and O–H groups in total. The molecule has 2 rings (SSSR count). The number of hydrogen-bond acceptors (Lipinski definition) is 4. The van der Waals surface area contributed by atoms with Crippen molar-refractivity contribution in [1.29, 1.82) is 0 Å². The molecule has 1 fully saturated rings. The first-order valence-electron chi connectivity index (χ1n) is 8.66. The van der Waals surface area contributed by atoms with Gasteiger partial charge in [-0.3, -0.25) is 0 Å². The summed E-state index contributed by atoms with van der Waals surface area (Å²) in [5.41, 5.74) is -0.466. The highest BCUT2D eigenvalue weighted by Crippen LogP contribution is 2.22. The van der Waals surface area contributed by atoms with Gasteiger partial charge in [0.05, 0.1) is 5.75 Å². The summed E-state index contributed by atoms with van der Waals surface area (Å²) >= 11 is 0. The number of halogens is 1. The van der Waals surface area contributed by atoms with Gasteiger partial charge in [0, 0.05) is 31.7 Å². The molecule has 0 aromatic heterocycles. The maximum absolute atomic E-state index is 13.8. The van der Waals surface area contributed by atoms with Crippen molar-refractivity contribution in [3.63, 3.8) is 0 Å². The number of piperidine rings is 1. The van der Waals surface area contributed by atoms with Gasteiger partial charge in [0.1, 0.15) is 11.4 Å². The van der Waals surface area contributed by atoms with Gasteiger partial charge in [0.15, 0.2) is 0 Å². The SMILES string of the molecule is CN(C(=O)OC(C)(C)C)[C@H]1CCCN(S(=O)(=O)Cc2ccccc2F)C1. The molecule has 0 radical (unpaired) electrons. The maximum Gasteiger partial charge on any atom is 0.410 e. The van der Waals surface area contributed by atoms with Crippen molar-refractivity contribution in [2.75, 3.05) is 20.1 Å². The van der Waals surface area contributed by atoms with Crippen LogP contribution in [0.1, 0.15) is 39.2 Å². The summed E-state index contributed by atoms with van der Waals surface area (Å²) in [7, 11) is -2.05. The zero-order chi connectivity index (χ0) is 19.5. The number of likely N-dealkylation sites (N-methyl/N-ethyl adjacent to an activating group) is 1. The first-order chi connectivity index (χ1) is 12.0. The second kappa shape index (κ2) is 7.92. The summed E-state index contributed by atoms with van der Waals surface area (Å²) in [5.74, 6) is -0.918. The Morgan fingerprint density at radius 2 is 2.00 bits per heavy atom. The molecule has 1 aromatic carbocycles. The fraction of sp³-hybridized carbons (Fsp3) is 0.611. The molecule has 8 heteroatoms. The molecule has 1 heterocycles. The van der Waals surface area contributed by atoms with Crippen LogP contribution in [0.15, 0.2) is 24.3 Å². The van der Waals surface area contributed by atoms with E-state index in [1.807, 2.05) is 0 Å². The summed E-state index contributed by atoms with van der Waals surface area (Å²) in [6, 6.07) is 5.59. The first-order valence-corrected chi connectivity index (χ1v) is 10.3. The van der Waals surface area contributed by atoms with Crippen molar-refractivity contribution in [3.05, 3.63) is 35.6 Å². The predicted molar refractivity (Wildman–Crippen MR) is 97.6 cm³/mol. The molecule has 26 heavy (non-hydrogen) atoms. The van der Waals surface area contributed by atoms with Gasteiger partial charge >= 0.3 is 6.09 Å². The molecule has 0 bridgehead atoms. The molecule has 0 unspecified atom stereocenters. The number of sulfonamides is 1. The van der Waals surface area contributed by atoms with Crippen molar-refractivity contribution in [2.24, 2.45) is 0 Å². The minimum absolute atomic E-state index is 0.148. The third kappa shape index (κ3) is 5.41. The number of ether oxygens (including phenoxy) is 1. The third-order valence-corrected chi connectivity index (χ3v) is 6.07. The number of nitrogens with zero attached hydrogens (tertiary/aromatic N) is 2. The molecule has 6 nitrogen and oxygen atoms in total. The van der Waals surface area contributed by atoms with E-state index in [0.29, 0.717) is 19.4 Å². The summed E-state index contributed by atoms with van der Waals surface area (Å²) in [5, 5.41) is 0. The predicted octanol–water partition coefficient (Wildman–Crippen LogP) is 2.99. The lowest BCUT2D eigenvalue weighted by Gasteiger charge is -2.37. The lowest BCUT2D eigenvalue weighted by molar-refractivity contribution is 0.0173. The number of carbonyl (C=O) groups is 1. The van der Waals surface area contributed by atoms with E-state index in [0.717, 1.165) is 0 Å². The molecular formula is C18H27FN2O4S. The molecule has 146 valence electrons. The number of rotatable bonds is 4. The third-order valence-electron chi connectivity index (χ3n) is 4.28. The van der Waals surface area contributed by atoms with E-state index in [2.05, 4.69) is 0 Å². The molecule has 1 saturated heterocycles. The quantitative estimate of drug-likeness (QED) is 0.798. The second-order valence-electron chi connectivity index (χ2n) is 7.59. The highest BCUT2D eigenvalue weighted by Gasteiger charge is 2.34. The molecule has 0 spiro atoms. The summed E-state index contributed by atoms with van der Waals surface area (Å²) in [6.07, 6.45) is 0.853. The Balaban J connectivity index is 2.07. The highest BCUT2D eigenvalue weighted by molar-refractivity contribution is 7.88. The molecule has 1 aliphatic heterocycles. The van der Waals surface area contributed by atoms with E-state index in [9.17, 15) is 17.6 Å². The Morgan fingerprint density at radius 1 is 1.35 bits per heavy atom. The Morgan fingerprint density at radius 3 is 2.62 bits per heavy atom. The Hall–Kier alpha value is -1.67. The van der Waals surface area contributed by atoms with Gasteiger partial charge in [0.25, 0.3) is 0 Å². The number of carbonyl (C=O) groups excluding carboxylic acids is 1. The largest absolute Gasteiger partial charge is 0.444 e. The summed E-state index contributed by atoms with van der Waals surface area (Å²) in [4.78, 5) is 13.7. The average molecular weight is 386 g/mol. The van der Waals surface area contributed by atoms with Crippen molar-refractivity contribution >= 4 is 16.1 Å². The monoisotopic (exact) mass is 386 g/mol. The lowest BCUT2D eigenvalue weighted by Crippen LogP contribution is -2.51. The average Bonchev–Trinajstić information content (AvgIpc) is 2.54. The van der Waals surface area contributed by atoms with Crippen molar-refractivity contribution in [1.82, 2.24) is 9.21 Å². The van der Waals surface area contributed by atoms with Crippen LogP contribution in [0.2, 0.25) is 0 Å².